The Balaban J connectivity index is 1.73. The third-order valence-electron chi connectivity index (χ3n) is 3.33. The summed E-state index contributed by atoms with van der Waals surface area (Å²) in [7, 11) is 0. The maximum Gasteiger partial charge on any atom is 0.232 e. The molecule has 1 aromatic carbocycles. The van der Waals surface area contributed by atoms with E-state index in [1.165, 1.54) is 11.3 Å². The van der Waals surface area contributed by atoms with Gasteiger partial charge in [0.1, 0.15) is 0 Å². The van der Waals surface area contributed by atoms with Crippen molar-refractivity contribution in [1.82, 2.24) is 15.8 Å². The summed E-state index contributed by atoms with van der Waals surface area (Å²) in [6.07, 6.45) is 1.76. The standard InChI is InChI=1S/C14H16N4OS/c1-9-7-15-14(20-9)17-13(19)11-8-16-18-12(11)10-5-3-2-4-6-10/h2-7,11-12,16,18H,8H2,1H3,(H,15,17,19). The molecule has 0 bridgehead atoms. The summed E-state index contributed by atoms with van der Waals surface area (Å²) < 4.78 is 0. The van der Waals surface area contributed by atoms with Gasteiger partial charge in [-0.1, -0.05) is 30.3 Å². The van der Waals surface area contributed by atoms with Gasteiger partial charge in [0.2, 0.25) is 5.91 Å². The van der Waals surface area contributed by atoms with Gasteiger partial charge >= 0.3 is 0 Å². The van der Waals surface area contributed by atoms with Crippen molar-refractivity contribution in [1.29, 1.82) is 0 Å². The van der Waals surface area contributed by atoms with Gasteiger partial charge in [0, 0.05) is 17.6 Å². The van der Waals surface area contributed by atoms with Crippen molar-refractivity contribution >= 4 is 22.4 Å². The number of aromatic nitrogens is 1. The Morgan fingerprint density at radius 3 is 2.90 bits per heavy atom. The molecule has 20 heavy (non-hydrogen) atoms. The highest BCUT2D eigenvalue weighted by atomic mass is 32.1. The fourth-order valence-corrected chi connectivity index (χ4v) is 3.00. The van der Waals surface area contributed by atoms with Crippen LogP contribution in [0.5, 0.6) is 0 Å². The van der Waals surface area contributed by atoms with Gasteiger partial charge < -0.3 is 5.32 Å². The number of rotatable bonds is 3. The number of amides is 1. The lowest BCUT2D eigenvalue weighted by Crippen LogP contribution is -2.29. The second-order valence-corrected chi connectivity index (χ2v) is 6.02. The van der Waals surface area contributed by atoms with Crippen LogP contribution in [0.3, 0.4) is 0 Å². The van der Waals surface area contributed by atoms with Gasteiger partial charge in [0.05, 0.1) is 12.0 Å². The van der Waals surface area contributed by atoms with Crippen molar-refractivity contribution < 1.29 is 4.79 Å². The SMILES string of the molecule is Cc1cnc(NC(=O)C2CNNC2c2ccccc2)s1. The first kappa shape index (κ1) is 13.2. The highest BCUT2D eigenvalue weighted by molar-refractivity contribution is 7.15. The van der Waals surface area contributed by atoms with Crippen LogP contribution < -0.4 is 16.2 Å². The number of hydrazine groups is 1. The first-order valence-electron chi connectivity index (χ1n) is 6.50. The minimum absolute atomic E-state index is 0.00861. The number of hydrogen-bond acceptors (Lipinski definition) is 5. The summed E-state index contributed by atoms with van der Waals surface area (Å²) in [6.45, 7) is 2.58. The van der Waals surface area contributed by atoms with E-state index >= 15 is 0 Å². The number of nitrogens with one attached hydrogen (secondary N) is 3. The number of carbonyl (C=O) groups excluding carboxylic acids is 1. The van der Waals surface area contributed by atoms with Crippen molar-refractivity contribution in [3.05, 3.63) is 47.0 Å². The summed E-state index contributed by atoms with van der Waals surface area (Å²) in [5.74, 6) is -0.160. The number of aryl methyl sites for hydroxylation is 1. The Labute approximate surface area is 121 Å². The topological polar surface area (TPSA) is 66.0 Å². The molecule has 1 amide bonds. The van der Waals surface area contributed by atoms with E-state index < -0.39 is 0 Å². The first-order chi connectivity index (χ1) is 9.74. The first-order valence-corrected chi connectivity index (χ1v) is 7.32. The molecule has 0 spiro atoms. The molecule has 1 saturated heterocycles. The number of thiazole rings is 1. The average molecular weight is 288 g/mol. The lowest BCUT2D eigenvalue weighted by atomic mass is 9.94. The predicted molar refractivity (Wildman–Crippen MR) is 79.3 cm³/mol. The zero-order chi connectivity index (χ0) is 13.9. The molecule has 2 heterocycles. The summed E-state index contributed by atoms with van der Waals surface area (Å²) in [5, 5.41) is 3.55. The Hall–Kier alpha value is -1.76. The minimum atomic E-state index is -0.151. The van der Waals surface area contributed by atoms with Gasteiger partial charge in [0.25, 0.3) is 0 Å². The zero-order valence-corrected chi connectivity index (χ0v) is 11.9. The van der Waals surface area contributed by atoms with E-state index in [9.17, 15) is 4.79 Å². The van der Waals surface area contributed by atoms with Crippen molar-refractivity contribution in [2.45, 2.75) is 13.0 Å². The van der Waals surface area contributed by atoms with E-state index in [4.69, 9.17) is 0 Å². The number of carbonyl (C=O) groups is 1. The molecule has 104 valence electrons. The molecule has 6 heteroatoms. The smallest absolute Gasteiger partial charge is 0.232 e. The van der Waals surface area contributed by atoms with E-state index in [0.717, 1.165) is 10.4 Å². The molecule has 1 aliphatic heterocycles. The third kappa shape index (κ3) is 2.72. The molecule has 3 rings (SSSR count). The number of benzene rings is 1. The fraction of sp³-hybridized carbons (Fsp3) is 0.286. The van der Waals surface area contributed by atoms with E-state index in [1.807, 2.05) is 37.3 Å². The molecule has 1 fully saturated rings. The van der Waals surface area contributed by atoms with Gasteiger partial charge in [0.15, 0.2) is 5.13 Å². The Morgan fingerprint density at radius 1 is 1.40 bits per heavy atom. The number of hydrogen-bond donors (Lipinski definition) is 3. The maximum absolute atomic E-state index is 12.4. The van der Waals surface area contributed by atoms with Gasteiger partial charge in [-0.2, -0.15) is 0 Å². The van der Waals surface area contributed by atoms with Crippen LogP contribution in [-0.4, -0.2) is 17.4 Å². The van der Waals surface area contributed by atoms with Crippen LogP contribution in [0, 0.1) is 12.8 Å². The van der Waals surface area contributed by atoms with Crippen molar-refractivity contribution in [2.24, 2.45) is 5.92 Å². The average Bonchev–Trinajstić information content (AvgIpc) is 3.09. The van der Waals surface area contributed by atoms with Crippen LogP contribution in [0.15, 0.2) is 36.5 Å². The van der Waals surface area contributed by atoms with E-state index in [0.29, 0.717) is 11.7 Å². The summed E-state index contributed by atoms with van der Waals surface area (Å²) in [5.41, 5.74) is 7.34. The summed E-state index contributed by atoms with van der Waals surface area (Å²) in [4.78, 5) is 17.6. The molecular formula is C14H16N4OS. The molecule has 3 N–H and O–H groups in total. The van der Waals surface area contributed by atoms with Crippen molar-refractivity contribution in [2.75, 3.05) is 11.9 Å². The maximum atomic E-state index is 12.4. The van der Waals surface area contributed by atoms with Crippen LogP contribution in [0.2, 0.25) is 0 Å². The normalized spacial score (nSPS) is 21.9. The molecule has 0 aliphatic carbocycles. The van der Waals surface area contributed by atoms with Crippen molar-refractivity contribution in [3.8, 4) is 0 Å². The molecule has 2 aromatic rings. The lowest BCUT2D eigenvalue weighted by molar-refractivity contribution is -0.119. The molecule has 0 saturated carbocycles. The highest BCUT2D eigenvalue weighted by Crippen LogP contribution is 2.26. The Kier molecular flexibility index (Phi) is 3.77. The molecule has 1 aromatic heterocycles. The Bertz CT molecular complexity index is 598. The van der Waals surface area contributed by atoms with E-state index in [2.05, 4.69) is 21.2 Å². The molecule has 1 aliphatic rings. The monoisotopic (exact) mass is 288 g/mol. The van der Waals surface area contributed by atoms with Crippen LogP contribution in [-0.2, 0) is 4.79 Å². The molecule has 5 nitrogen and oxygen atoms in total. The summed E-state index contributed by atoms with van der Waals surface area (Å²) >= 11 is 1.49. The molecule has 2 atom stereocenters. The third-order valence-corrected chi connectivity index (χ3v) is 4.16. The summed E-state index contributed by atoms with van der Waals surface area (Å²) in [6, 6.07) is 9.97. The van der Waals surface area contributed by atoms with Gasteiger partial charge in [-0.15, -0.1) is 11.3 Å². The molecular weight excluding hydrogens is 272 g/mol. The second-order valence-electron chi connectivity index (χ2n) is 4.79. The number of anilines is 1. The molecule has 0 radical (unpaired) electrons. The minimum Gasteiger partial charge on any atom is -0.302 e. The van der Waals surface area contributed by atoms with E-state index in [1.54, 1.807) is 6.20 Å². The second kappa shape index (κ2) is 5.70. The zero-order valence-electron chi connectivity index (χ0n) is 11.1. The van der Waals surface area contributed by atoms with Crippen LogP contribution in [0.4, 0.5) is 5.13 Å². The van der Waals surface area contributed by atoms with Crippen LogP contribution in [0.25, 0.3) is 0 Å². The highest BCUT2D eigenvalue weighted by Gasteiger charge is 2.34. The van der Waals surface area contributed by atoms with Gasteiger partial charge in [-0.3, -0.25) is 10.2 Å². The lowest BCUT2D eigenvalue weighted by Gasteiger charge is -2.17. The largest absolute Gasteiger partial charge is 0.302 e. The van der Waals surface area contributed by atoms with E-state index in [-0.39, 0.29) is 17.9 Å². The number of nitrogens with zero attached hydrogens (tertiary/aromatic N) is 1. The fourth-order valence-electron chi connectivity index (χ4n) is 2.33. The van der Waals surface area contributed by atoms with Crippen LogP contribution >= 0.6 is 11.3 Å². The van der Waals surface area contributed by atoms with Gasteiger partial charge in [-0.25, -0.2) is 10.4 Å². The quantitative estimate of drug-likeness (QED) is 0.806. The molecule has 2 unspecified atom stereocenters. The Morgan fingerprint density at radius 2 is 2.20 bits per heavy atom. The van der Waals surface area contributed by atoms with Crippen molar-refractivity contribution in [3.63, 3.8) is 0 Å². The van der Waals surface area contributed by atoms with Gasteiger partial charge in [-0.05, 0) is 12.5 Å². The van der Waals surface area contributed by atoms with Crippen LogP contribution in [0.1, 0.15) is 16.5 Å². The predicted octanol–water partition coefficient (Wildman–Crippen LogP) is 1.86.